The molecule has 5 N–H and O–H groups in total. The standard InChI is InChI=1S/C50H49ClN6O10S2/c1-50(2)24-32(52-31-6-3-5-29(22-31)45-43(51)44(67-25-41(59)60)46(68-45)49(63)64)17-20-56(50)69(65,66)26-27-9-11-36-30(21-27)23-39(53-36)55-18-15-28(16-19-55)33-10-12-37-42-34(33)7-4-8-35(42)48(62)57(37)38-13-14-40(58)54-47(38)61/h3-12,21-23,28,32,38,52-53H,13-20,24-26H2,1-2H3,(H,59,60)(H,63,64)(H,54,58,61). The van der Waals surface area contributed by atoms with Crippen molar-refractivity contribution in [3.05, 3.63) is 105 Å². The van der Waals surface area contributed by atoms with Gasteiger partial charge in [0.15, 0.2) is 17.2 Å². The van der Waals surface area contributed by atoms with E-state index in [0.29, 0.717) is 46.6 Å². The van der Waals surface area contributed by atoms with E-state index in [9.17, 15) is 37.5 Å². The summed E-state index contributed by atoms with van der Waals surface area (Å²) in [4.78, 5) is 69.1. The molecule has 10 rings (SSSR count). The van der Waals surface area contributed by atoms with Crippen molar-refractivity contribution in [1.82, 2.24) is 14.6 Å². The Morgan fingerprint density at radius 2 is 1.72 bits per heavy atom. The minimum atomic E-state index is -3.73. The maximum absolute atomic E-state index is 14.2. The summed E-state index contributed by atoms with van der Waals surface area (Å²) in [7, 11) is -3.73. The number of amides is 3. The van der Waals surface area contributed by atoms with Crippen molar-refractivity contribution >= 4 is 101 Å². The minimum Gasteiger partial charge on any atom is -0.479 e. The number of H-pyrrole nitrogens is 1. The first-order valence-corrected chi connectivity index (χ1v) is 25.6. The van der Waals surface area contributed by atoms with Crippen LogP contribution in [0.1, 0.15) is 89.4 Å². The molecule has 16 nitrogen and oxygen atoms in total. The molecule has 0 saturated carbocycles. The summed E-state index contributed by atoms with van der Waals surface area (Å²) in [5.41, 5.74) is 4.70. The van der Waals surface area contributed by atoms with Crippen LogP contribution in [-0.2, 0) is 30.2 Å². The molecule has 2 unspecified atom stereocenters. The highest BCUT2D eigenvalue weighted by Gasteiger charge is 2.43. The molecule has 2 atom stereocenters. The van der Waals surface area contributed by atoms with E-state index in [1.807, 2.05) is 62.4 Å². The molecule has 4 aliphatic heterocycles. The van der Waals surface area contributed by atoms with Crippen molar-refractivity contribution in [2.24, 2.45) is 0 Å². The van der Waals surface area contributed by atoms with Gasteiger partial charge in [0, 0.05) is 65.2 Å². The van der Waals surface area contributed by atoms with Gasteiger partial charge in [-0.05, 0) is 116 Å². The van der Waals surface area contributed by atoms with Crippen molar-refractivity contribution in [3.63, 3.8) is 0 Å². The van der Waals surface area contributed by atoms with Crippen LogP contribution in [0.4, 0.5) is 17.2 Å². The number of carboxylic acids is 2. The van der Waals surface area contributed by atoms with Crippen LogP contribution in [0.5, 0.6) is 5.75 Å². The quantitative estimate of drug-likeness (QED) is 0.0692. The Labute approximate surface area is 406 Å². The highest BCUT2D eigenvalue weighted by atomic mass is 35.5. The van der Waals surface area contributed by atoms with E-state index in [2.05, 4.69) is 38.7 Å². The fourth-order valence-electron chi connectivity index (χ4n) is 10.8. The fraction of sp³-hybridized carbons (Fsp3) is 0.340. The first-order valence-electron chi connectivity index (χ1n) is 22.8. The predicted molar refractivity (Wildman–Crippen MR) is 264 cm³/mol. The molecule has 0 bridgehead atoms. The third-order valence-corrected chi connectivity index (χ3v) is 17.6. The van der Waals surface area contributed by atoms with Gasteiger partial charge < -0.3 is 30.2 Å². The number of aromatic carboxylic acids is 1. The van der Waals surface area contributed by atoms with Gasteiger partial charge in [0.2, 0.25) is 21.8 Å². The Bertz CT molecular complexity index is 3230. The average molecular weight is 994 g/mol. The molecule has 69 heavy (non-hydrogen) atoms. The molecule has 19 heteroatoms. The predicted octanol–water partition coefficient (Wildman–Crippen LogP) is 8.20. The lowest BCUT2D eigenvalue weighted by atomic mass is 9.85. The smallest absolute Gasteiger partial charge is 0.349 e. The maximum atomic E-state index is 14.2. The zero-order valence-electron chi connectivity index (χ0n) is 37.7. The molecule has 3 amide bonds. The van der Waals surface area contributed by atoms with Crippen LogP contribution < -0.4 is 25.2 Å². The van der Waals surface area contributed by atoms with Crippen LogP contribution in [0.3, 0.4) is 0 Å². The van der Waals surface area contributed by atoms with E-state index in [0.717, 1.165) is 70.4 Å². The normalized spacial score (nSPS) is 19.9. The number of benzene rings is 4. The zero-order valence-corrected chi connectivity index (χ0v) is 40.1. The van der Waals surface area contributed by atoms with Gasteiger partial charge in [-0.25, -0.2) is 18.0 Å². The second-order valence-electron chi connectivity index (χ2n) is 18.8. The molecule has 2 aromatic heterocycles. The molecular formula is C50H49ClN6O10S2. The van der Waals surface area contributed by atoms with Gasteiger partial charge in [0.05, 0.1) is 16.3 Å². The van der Waals surface area contributed by atoms with Crippen LogP contribution in [0.15, 0.2) is 78.9 Å². The second-order valence-corrected chi connectivity index (χ2v) is 22.1. The molecule has 0 aliphatic carbocycles. The minimum absolute atomic E-state index is 0.0134. The number of nitrogens with zero attached hydrogens (tertiary/aromatic N) is 3. The van der Waals surface area contributed by atoms with Crippen LogP contribution in [0.2, 0.25) is 5.02 Å². The van der Waals surface area contributed by atoms with Gasteiger partial charge in [0.25, 0.3) is 5.91 Å². The zero-order chi connectivity index (χ0) is 48.5. The number of sulfonamides is 1. The lowest BCUT2D eigenvalue weighted by molar-refractivity contribution is -0.139. The first-order chi connectivity index (χ1) is 33.0. The van der Waals surface area contributed by atoms with Gasteiger partial charge >= 0.3 is 11.9 Å². The highest BCUT2D eigenvalue weighted by Crippen LogP contribution is 2.47. The number of carbonyl (C=O) groups excluding carboxylic acids is 3. The van der Waals surface area contributed by atoms with Crippen molar-refractivity contribution in [1.29, 1.82) is 0 Å². The van der Waals surface area contributed by atoms with E-state index >= 15 is 0 Å². The molecule has 4 aromatic carbocycles. The topological polar surface area (TPSA) is 219 Å². The number of imide groups is 1. The van der Waals surface area contributed by atoms with E-state index in [1.165, 1.54) is 5.56 Å². The van der Waals surface area contributed by atoms with Crippen molar-refractivity contribution < 1.29 is 47.3 Å². The summed E-state index contributed by atoms with van der Waals surface area (Å²) in [5.74, 6) is -2.67. The number of rotatable bonds is 13. The molecule has 358 valence electrons. The number of hydrogen-bond acceptors (Lipinski definition) is 11. The molecular weight excluding hydrogens is 944 g/mol. The Morgan fingerprint density at radius 1 is 0.942 bits per heavy atom. The molecule has 6 aromatic rings. The number of nitrogens with one attached hydrogen (secondary N) is 3. The lowest BCUT2D eigenvalue weighted by Gasteiger charge is -2.45. The fourth-order valence-corrected chi connectivity index (χ4v) is 14.1. The number of halogens is 1. The highest BCUT2D eigenvalue weighted by molar-refractivity contribution is 7.88. The molecule has 0 radical (unpaired) electrons. The Balaban J connectivity index is 0.778. The molecule has 6 heterocycles. The average Bonchev–Trinajstić information content (AvgIpc) is 3.97. The summed E-state index contributed by atoms with van der Waals surface area (Å²) in [6.45, 7) is 5.01. The lowest BCUT2D eigenvalue weighted by Crippen LogP contribution is -2.55. The molecule has 4 aliphatic rings. The number of fused-ring (bicyclic) bond motifs is 1. The van der Waals surface area contributed by atoms with Crippen LogP contribution >= 0.6 is 22.9 Å². The van der Waals surface area contributed by atoms with Gasteiger partial charge in [0.1, 0.15) is 16.9 Å². The van der Waals surface area contributed by atoms with Gasteiger partial charge in [-0.1, -0.05) is 48.0 Å². The molecule has 3 saturated heterocycles. The monoisotopic (exact) mass is 992 g/mol. The van der Waals surface area contributed by atoms with Crippen molar-refractivity contribution in [2.75, 3.05) is 41.4 Å². The summed E-state index contributed by atoms with van der Waals surface area (Å²) in [5, 5.41) is 27.5. The summed E-state index contributed by atoms with van der Waals surface area (Å²) < 4.78 is 35.2. The van der Waals surface area contributed by atoms with Crippen LogP contribution in [0, 0.1) is 0 Å². The Kier molecular flexibility index (Phi) is 11.9. The third-order valence-electron chi connectivity index (χ3n) is 13.9. The largest absolute Gasteiger partial charge is 0.479 e. The van der Waals surface area contributed by atoms with E-state index in [-0.39, 0.29) is 58.0 Å². The number of anilines is 3. The number of hydrogen-bond donors (Lipinski definition) is 5. The van der Waals surface area contributed by atoms with Crippen molar-refractivity contribution in [2.45, 2.75) is 81.7 Å². The Morgan fingerprint density at radius 3 is 2.46 bits per heavy atom. The number of piperidine rings is 3. The number of carboxylic acid groups (broad SMARTS) is 2. The molecule has 0 spiro atoms. The maximum Gasteiger partial charge on any atom is 0.349 e. The number of aliphatic carboxylic acids is 1. The summed E-state index contributed by atoms with van der Waals surface area (Å²) in [6.07, 6.45) is 3.30. The molecule has 3 fully saturated rings. The number of thiophene rings is 1. The van der Waals surface area contributed by atoms with Crippen LogP contribution in [0.25, 0.3) is 32.1 Å². The number of aromatic amines is 1. The van der Waals surface area contributed by atoms with E-state index in [4.69, 9.17) is 21.4 Å². The van der Waals surface area contributed by atoms with Crippen molar-refractivity contribution in [3.8, 4) is 16.2 Å². The van der Waals surface area contributed by atoms with E-state index in [1.54, 1.807) is 21.3 Å². The third kappa shape index (κ3) is 8.68. The van der Waals surface area contributed by atoms with E-state index < -0.39 is 46.1 Å². The van der Waals surface area contributed by atoms with Gasteiger partial charge in [-0.3, -0.25) is 24.6 Å². The number of ether oxygens (including phenoxy) is 1. The number of carbonyl (C=O) groups is 5. The summed E-state index contributed by atoms with van der Waals surface area (Å²) >= 11 is 7.44. The Hall–Kier alpha value is -6.47. The first kappa shape index (κ1) is 46.3. The van der Waals surface area contributed by atoms with Gasteiger partial charge in [-0.2, -0.15) is 4.31 Å². The SMILES string of the molecule is CC1(C)CC(Nc2cccc(-c3sc(C(=O)O)c(OCC(=O)O)c3Cl)c2)CCN1S(=O)(=O)Cc1ccc2[nH]c(N3CCC(c4ccc5c6c(cccc46)C(=O)N5C4CCC(=O)NC4=O)CC3)cc2c1. The second kappa shape index (κ2) is 17.8. The van der Waals surface area contributed by atoms with Crippen LogP contribution in [-0.4, -0.2) is 101 Å². The summed E-state index contributed by atoms with van der Waals surface area (Å²) in [6, 6.07) is 24.1. The van der Waals surface area contributed by atoms with Gasteiger partial charge in [-0.15, -0.1) is 11.3 Å². The number of aromatic nitrogens is 1.